The van der Waals surface area contributed by atoms with E-state index in [-0.39, 0.29) is 22.4 Å². The fraction of sp³-hybridized carbons (Fsp3) is 0.462. The normalized spacial score (nSPS) is 16.6. The zero-order chi connectivity index (χ0) is 13.8. The van der Waals surface area contributed by atoms with Gasteiger partial charge in [-0.15, -0.1) is 0 Å². The van der Waals surface area contributed by atoms with Crippen molar-refractivity contribution < 1.29 is 13.9 Å². The van der Waals surface area contributed by atoms with E-state index in [0.717, 1.165) is 12.8 Å². The molecule has 0 aromatic carbocycles. The maximum atomic E-state index is 14.4. The van der Waals surface area contributed by atoms with Crippen molar-refractivity contribution in [2.45, 2.75) is 25.2 Å². The molecular weight excluding hydrogens is 249 g/mol. The smallest absolute Gasteiger partial charge is 0.358 e. The van der Waals surface area contributed by atoms with E-state index < -0.39 is 5.97 Å². The second-order valence-corrected chi connectivity index (χ2v) is 5.20. The van der Waals surface area contributed by atoms with Crippen molar-refractivity contribution >= 4 is 17.1 Å². The number of fused-ring (bicyclic) bond motifs is 1. The van der Waals surface area contributed by atoms with E-state index in [4.69, 9.17) is 0 Å². The molecule has 1 fully saturated rings. The summed E-state index contributed by atoms with van der Waals surface area (Å²) in [4.78, 5) is 19.6. The number of hydrogen-bond donors (Lipinski definition) is 0. The van der Waals surface area contributed by atoms with Crippen LogP contribution in [0.2, 0.25) is 0 Å². The van der Waals surface area contributed by atoms with Crippen molar-refractivity contribution in [2.24, 2.45) is 7.05 Å². The summed E-state index contributed by atoms with van der Waals surface area (Å²) in [6.45, 7) is 2.02. The van der Waals surface area contributed by atoms with Gasteiger partial charge in [0.25, 0.3) is 0 Å². The van der Waals surface area contributed by atoms with Crippen LogP contribution in [0.3, 0.4) is 0 Å². The van der Waals surface area contributed by atoms with Gasteiger partial charge in [0, 0.05) is 12.5 Å². The zero-order valence-corrected chi connectivity index (χ0v) is 11.0. The first-order valence-electron chi connectivity index (χ1n) is 6.07. The van der Waals surface area contributed by atoms with Gasteiger partial charge in [0.1, 0.15) is 5.52 Å². The van der Waals surface area contributed by atoms with Gasteiger partial charge in [-0.1, -0.05) is 6.92 Å². The van der Waals surface area contributed by atoms with Gasteiger partial charge in [-0.25, -0.2) is 19.2 Å². The van der Waals surface area contributed by atoms with Gasteiger partial charge in [0.2, 0.25) is 0 Å². The van der Waals surface area contributed by atoms with Gasteiger partial charge in [0.15, 0.2) is 17.2 Å². The Balaban J connectivity index is 2.24. The number of rotatable bonds is 2. The lowest BCUT2D eigenvalue weighted by Gasteiger charge is -2.09. The first kappa shape index (κ1) is 12.1. The molecule has 19 heavy (non-hydrogen) atoms. The highest BCUT2D eigenvalue weighted by Crippen LogP contribution is 2.49. The van der Waals surface area contributed by atoms with Crippen molar-refractivity contribution in [1.29, 1.82) is 0 Å². The van der Waals surface area contributed by atoms with Crippen molar-refractivity contribution in [3.8, 4) is 0 Å². The zero-order valence-electron chi connectivity index (χ0n) is 11.0. The van der Waals surface area contributed by atoms with Crippen molar-refractivity contribution in [3.63, 3.8) is 0 Å². The van der Waals surface area contributed by atoms with Crippen LogP contribution in [-0.4, -0.2) is 27.6 Å². The minimum Gasteiger partial charge on any atom is -0.464 e. The molecule has 0 unspecified atom stereocenters. The third kappa shape index (κ3) is 1.63. The summed E-state index contributed by atoms with van der Waals surface area (Å²) in [7, 11) is 3.02. The van der Waals surface area contributed by atoms with Gasteiger partial charge in [0.05, 0.1) is 19.0 Å². The Morgan fingerprint density at radius 3 is 2.79 bits per heavy atom. The Bertz CT molecular complexity index is 689. The van der Waals surface area contributed by atoms with E-state index in [9.17, 15) is 9.18 Å². The predicted molar refractivity (Wildman–Crippen MR) is 66.4 cm³/mol. The van der Waals surface area contributed by atoms with Gasteiger partial charge in [-0.3, -0.25) is 0 Å². The standard InChI is InChI=1S/C13H14FN3O2/c1-13(4-5-13)10-8(14)9-11(17(10)2)16-7(6-15-9)12(18)19-3/h6H,4-5H2,1-3H3. The minimum absolute atomic E-state index is 0.0862. The Morgan fingerprint density at radius 2 is 2.21 bits per heavy atom. The van der Waals surface area contributed by atoms with Crippen LogP contribution in [0, 0.1) is 5.82 Å². The van der Waals surface area contributed by atoms with Crippen molar-refractivity contribution in [1.82, 2.24) is 14.5 Å². The lowest BCUT2D eigenvalue weighted by molar-refractivity contribution is 0.0594. The van der Waals surface area contributed by atoms with E-state index >= 15 is 0 Å². The predicted octanol–water partition coefficient (Wildman–Crippen LogP) is 1.95. The molecule has 0 bridgehead atoms. The van der Waals surface area contributed by atoms with Crippen LogP contribution >= 0.6 is 0 Å². The van der Waals surface area contributed by atoms with Crippen LogP contribution < -0.4 is 0 Å². The number of ether oxygens (including phenoxy) is 1. The number of hydrogen-bond acceptors (Lipinski definition) is 4. The molecule has 0 saturated heterocycles. The molecule has 0 N–H and O–H groups in total. The highest BCUT2D eigenvalue weighted by Gasteiger charge is 2.44. The second kappa shape index (κ2) is 3.76. The Kier molecular flexibility index (Phi) is 2.39. The summed E-state index contributed by atoms with van der Waals surface area (Å²) in [6, 6.07) is 0. The summed E-state index contributed by atoms with van der Waals surface area (Å²) >= 11 is 0. The molecule has 2 aromatic heterocycles. The van der Waals surface area contributed by atoms with Gasteiger partial charge < -0.3 is 9.30 Å². The first-order valence-corrected chi connectivity index (χ1v) is 6.07. The summed E-state index contributed by atoms with van der Waals surface area (Å²) in [6.07, 6.45) is 3.16. The molecule has 1 saturated carbocycles. The van der Waals surface area contributed by atoms with Crippen LogP contribution in [0.15, 0.2) is 6.20 Å². The number of methoxy groups -OCH3 is 1. The molecular formula is C13H14FN3O2. The highest BCUT2D eigenvalue weighted by molar-refractivity contribution is 5.89. The molecule has 1 aliphatic rings. The fourth-order valence-corrected chi connectivity index (χ4v) is 2.43. The van der Waals surface area contributed by atoms with Crippen LogP contribution in [-0.2, 0) is 17.2 Å². The molecule has 100 valence electrons. The van der Waals surface area contributed by atoms with Gasteiger partial charge in [-0.2, -0.15) is 0 Å². The quantitative estimate of drug-likeness (QED) is 0.777. The molecule has 5 nitrogen and oxygen atoms in total. The largest absolute Gasteiger partial charge is 0.464 e. The van der Waals surface area contributed by atoms with Gasteiger partial charge >= 0.3 is 5.97 Å². The molecule has 0 aliphatic heterocycles. The molecule has 0 radical (unpaired) electrons. The summed E-state index contributed by atoms with van der Waals surface area (Å²) in [5.41, 5.74) is 1.15. The Morgan fingerprint density at radius 1 is 1.53 bits per heavy atom. The van der Waals surface area contributed by atoms with E-state index in [1.807, 2.05) is 6.92 Å². The van der Waals surface area contributed by atoms with Crippen LogP contribution in [0.5, 0.6) is 0 Å². The lowest BCUT2D eigenvalue weighted by atomic mass is 10.1. The van der Waals surface area contributed by atoms with Gasteiger partial charge in [-0.05, 0) is 12.8 Å². The number of aryl methyl sites for hydroxylation is 1. The van der Waals surface area contributed by atoms with Crippen molar-refractivity contribution in [3.05, 3.63) is 23.4 Å². The number of carbonyl (C=O) groups excluding carboxylic acids is 1. The molecule has 0 spiro atoms. The lowest BCUT2D eigenvalue weighted by Crippen LogP contribution is -2.10. The van der Waals surface area contributed by atoms with E-state index in [1.165, 1.54) is 13.3 Å². The van der Waals surface area contributed by atoms with Crippen LogP contribution in [0.1, 0.15) is 35.9 Å². The topological polar surface area (TPSA) is 57.0 Å². The summed E-state index contributed by atoms with van der Waals surface area (Å²) in [5.74, 6) is -0.906. The molecule has 2 heterocycles. The number of aromatic nitrogens is 3. The number of carbonyl (C=O) groups is 1. The highest BCUT2D eigenvalue weighted by atomic mass is 19.1. The maximum Gasteiger partial charge on any atom is 0.358 e. The third-order valence-electron chi connectivity index (χ3n) is 3.79. The molecule has 1 aliphatic carbocycles. The second-order valence-electron chi connectivity index (χ2n) is 5.20. The SMILES string of the molecule is COC(=O)c1cnc2c(F)c(C3(C)CC3)n(C)c2n1. The summed E-state index contributed by atoms with van der Waals surface area (Å²) in [5, 5.41) is 0. The Hall–Kier alpha value is -1.98. The molecule has 3 rings (SSSR count). The number of nitrogens with zero attached hydrogens (tertiary/aromatic N) is 3. The molecule has 0 amide bonds. The molecule has 6 heteroatoms. The average molecular weight is 263 g/mol. The molecule has 0 atom stereocenters. The Labute approximate surface area is 109 Å². The summed E-state index contributed by atoms with van der Waals surface area (Å²) < 4.78 is 20.7. The van der Waals surface area contributed by atoms with Crippen molar-refractivity contribution in [2.75, 3.05) is 7.11 Å². The van der Waals surface area contributed by atoms with Crippen LogP contribution in [0.25, 0.3) is 11.2 Å². The maximum absolute atomic E-state index is 14.4. The van der Waals surface area contributed by atoms with E-state index in [1.54, 1.807) is 11.6 Å². The third-order valence-corrected chi connectivity index (χ3v) is 3.79. The minimum atomic E-state index is -0.574. The van der Waals surface area contributed by atoms with E-state index in [0.29, 0.717) is 11.3 Å². The number of halogens is 1. The first-order chi connectivity index (χ1) is 8.98. The average Bonchev–Trinajstić information content (AvgIpc) is 3.09. The molecule has 2 aromatic rings. The number of esters is 1. The van der Waals surface area contributed by atoms with Crippen LogP contribution in [0.4, 0.5) is 4.39 Å². The monoisotopic (exact) mass is 263 g/mol. The van der Waals surface area contributed by atoms with E-state index in [2.05, 4.69) is 14.7 Å². The fourth-order valence-electron chi connectivity index (χ4n) is 2.43.